The van der Waals surface area contributed by atoms with Gasteiger partial charge in [-0.05, 0) is 32.0 Å². The molecule has 2 rings (SSSR count). The summed E-state index contributed by atoms with van der Waals surface area (Å²) >= 11 is 0. The molecule has 0 saturated carbocycles. The molecule has 18 heavy (non-hydrogen) atoms. The van der Waals surface area contributed by atoms with Gasteiger partial charge in [0.05, 0.1) is 12.5 Å². The molecule has 1 fully saturated rings. The molecule has 0 radical (unpaired) electrons. The van der Waals surface area contributed by atoms with Crippen LogP contribution in [0.3, 0.4) is 0 Å². The summed E-state index contributed by atoms with van der Waals surface area (Å²) in [5.74, 6) is 0. The summed E-state index contributed by atoms with van der Waals surface area (Å²) in [6, 6.07) is 11.3. The van der Waals surface area contributed by atoms with E-state index in [1.165, 1.54) is 11.1 Å². The van der Waals surface area contributed by atoms with Gasteiger partial charge >= 0.3 is 0 Å². The first kappa shape index (κ1) is 13.1. The lowest BCUT2D eigenvalue weighted by Crippen LogP contribution is -2.37. The van der Waals surface area contributed by atoms with Crippen molar-refractivity contribution in [2.24, 2.45) is 0 Å². The van der Waals surface area contributed by atoms with Crippen molar-refractivity contribution < 1.29 is 0 Å². The van der Waals surface area contributed by atoms with E-state index in [9.17, 15) is 0 Å². The van der Waals surface area contributed by atoms with E-state index >= 15 is 0 Å². The van der Waals surface area contributed by atoms with Crippen LogP contribution in [-0.2, 0) is 6.54 Å². The minimum atomic E-state index is 0.322. The Morgan fingerprint density at radius 2 is 2.17 bits per heavy atom. The SMILES string of the molecule is Cc1ccc(CN2CCCNC(CC#N)C2)cc1. The lowest BCUT2D eigenvalue weighted by Gasteiger charge is -2.23. The fraction of sp³-hybridized carbons (Fsp3) is 0.533. The van der Waals surface area contributed by atoms with Gasteiger partial charge in [0.15, 0.2) is 0 Å². The summed E-state index contributed by atoms with van der Waals surface area (Å²) in [5, 5.41) is 12.3. The highest BCUT2D eigenvalue weighted by atomic mass is 15.2. The van der Waals surface area contributed by atoms with Crippen LogP contribution < -0.4 is 5.32 Å². The summed E-state index contributed by atoms with van der Waals surface area (Å²) in [6.45, 7) is 6.22. The molecule has 0 aromatic heterocycles. The number of nitrogens with one attached hydrogen (secondary N) is 1. The van der Waals surface area contributed by atoms with Crippen LogP contribution in [0, 0.1) is 18.3 Å². The number of benzene rings is 1. The highest BCUT2D eigenvalue weighted by Crippen LogP contribution is 2.10. The average Bonchev–Trinajstić information content (AvgIpc) is 2.58. The zero-order valence-corrected chi connectivity index (χ0v) is 11.0. The van der Waals surface area contributed by atoms with Crippen LogP contribution in [0.25, 0.3) is 0 Å². The molecule has 3 nitrogen and oxygen atoms in total. The van der Waals surface area contributed by atoms with Crippen molar-refractivity contribution in [2.75, 3.05) is 19.6 Å². The molecule has 3 heteroatoms. The number of aryl methyl sites for hydroxylation is 1. The largest absolute Gasteiger partial charge is 0.312 e. The maximum absolute atomic E-state index is 8.81. The van der Waals surface area contributed by atoms with Crippen LogP contribution >= 0.6 is 0 Å². The molecule has 1 unspecified atom stereocenters. The molecule has 1 saturated heterocycles. The van der Waals surface area contributed by atoms with Crippen LogP contribution in [0.2, 0.25) is 0 Å². The second-order valence-electron chi connectivity index (χ2n) is 5.09. The molecule has 0 amide bonds. The van der Waals surface area contributed by atoms with E-state index in [0.717, 1.165) is 32.6 Å². The van der Waals surface area contributed by atoms with Gasteiger partial charge in [0, 0.05) is 19.1 Å². The molecule has 1 aliphatic rings. The van der Waals surface area contributed by atoms with E-state index in [0.29, 0.717) is 12.5 Å². The summed E-state index contributed by atoms with van der Waals surface area (Å²) in [6.07, 6.45) is 1.76. The fourth-order valence-electron chi connectivity index (χ4n) is 2.42. The maximum Gasteiger partial charge on any atom is 0.0638 e. The van der Waals surface area contributed by atoms with E-state index in [1.54, 1.807) is 0 Å². The van der Waals surface area contributed by atoms with Crippen molar-refractivity contribution in [1.29, 1.82) is 5.26 Å². The van der Waals surface area contributed by atoms with E-state index in [-0.39, 0.29) is 0 Å². The predicted octanol–water partition coefficient (Wildman–Crippen LogP) is 2.07. The summed E-state index contributed by atoms with van der Waals surface area (Å²) < 4.78 is 0. The van der Waals surface area contributed by atoms with Crippen molar-refractivity contribution in [3.05, 3.63) is 35.4 Å². The minimum absolute atomic E-state index is 0.322. The Morgan fingerprint density at radius 1 is 1.39 bits per heavy atom. The van der Waals surface area contributed by atoms with Gasteiger partial charge < -0.3 is 5.32 Å². The molecule has 0 bridgehead atoms. The molecule has 1 atom stereocenters. The topological polar surface area (TPSA) is 39.1 Å². The number of hydrogen-bond acceptors (Lipinski definition) is 3. The first-order valence-corrected chi connectivity index (χ1v) is 6.66. The van der Waals surface area contributed by atoms with Crippen LogP contribution in [0.15, 0.2) is 24.3 Å². The summed E-state index contributed by atoms with van der Waals surface area (Å²) in [5.41, 5.74) is 2.66. The molecular weight excluding hydrogens is 222 g/mol. The Hall–Kier alpha value is -1.37. The van der Waals surface area contributed by atoms with E-state index in [4.69, 9.17) is 5.26 Å². The van der Waals surface area contributed by atoms with Gasteiger partial charge in [0.2, 0.25) is 0 Å². The zero-order chi connectivity index (χ0) is 12.8. The minimum Gasteiger partial charge on any atom is -0.312 e. The van der Waals surface area contributed by atoms with Crippen molar-refractivity contribution >= 4 is 0 Å². The average molecular weight is 243 g/mol. The van der Waals surface area contributed by atoms with Gasteiger partial charge in [0.1, 0.15) is 0 Å². The third-order valence-electron chi connectivity index (χ3n) is 3.43. The number of nitriles is 1. The highest BCUT2D eigenvalue weighted by molar-refractivity contribution is 5.21. The molecule has 1 N–H and O–H groups in total. The molecular formula is C15H21N3. The van der Waals surface area contributed by atoms with Gasteiger partial charge in [0.25, 0.3) is 0 Å². The van der Waals surface area contributed by atoms with Gasteiger partial charge in [-0.1, -0.05) is 29.8 Å². The molecule has 0 spiro atoms. The van der Waals surface area contributed by atoms with E-state index in [2.05, 4.69) is 47.5 Å². The zero-order valence-electron chi connectivity index (χ0n) is 11.0. The lowest BCUT2D eigenvalue weighted by molar-refractivity contribution is 0.260. The highest BCUT2D eigenvalue weighted by Gasteiger charge is 2.17. The third kappa shape index (κ3) is 3.83. The monoisotopic (exact) mass is 243 g/mol. The molecule has 0 aliphatic carbocycles. The van der Waals surface area contributed by atoms with Crippen LogP contribution in [-0.4, -0.2) is 30.6 Å². The van der Waals surface area contributed by atoms with Crippen LogP contribution in [0.5, 0.6) is 0 Å². The Bertz CT molecular complexity index is 405. The standard InChI is InChI=1S/C15H21N3/c1-13-3-5-14(6-4-13)11-18-10-2-9-17-15(12-18)7-8-16/h3-6,15,17H,2,7,9-12H2,1H3. The predicted molar refractivity (Wildman–Crippen MR) is 73.1 cm³/mol. The Labute approximate surface area is 109 Å². The molecule has 1 aromatic rings. The van der Waals surface area contributed by atoms with Gasteiger partial charge in [-0.2, -0.15) is 5.26 Å². The molecule has 1 heterocycles. The van der Waals surface area contributed by atoms with Crippen molar-refractivity contribution in [1.82, 2.24) is 10.2 Å². The quantitative estimate of drug-likeness (QED) is 0.883. The lowest BCUT2D eigenvalue weighted by atomic mass is 10.1. The summed E-state index contributed by atoms with van der Waals surface area (Å²) in [7, 11) is 0. The van der Waals surface area contributed by atoms with Gasteiger partial charge in [-0.25, -0.2) is 0 Å². The van der Waals surface area contributed by atoms with Crippen molar-refractivity contribution in [3.63, 3.8) is 0 Å². The molecule has 96 valence electrons. The normalized spacial score (nSPS) is 21.2. The Balaban J connectivity index is 1.94. The number of rotatable bonds is 3. The van der Waals surface area contributed by atoms with E-state index in [1.807, 2.05) is 0 Å². The second-order valence-corrected chi connectivity index (χ2v) is 5.09. The first-order valence-electron chi connectivity index (χ1n) is 6.66. The van der Waals surface area contributed by atoms with Crippen LogP contribution in [0.1, 0.15) is 24.0 Å². The van der Waals surface area contributed by atoms with E-state index < -0.39 is 0 Å². The van der Waals surface area contributed by atoms with Gasteiger partial charge in [-0.15, -0.1) is 0 Å². The first-order chi connectivity index (χ1) is 8.78. The van der Waals surface area contributed by atoms with Crippen molar-refractivity contribution in [3.8, 4) is 6.07 Å². The number of hydrogen-bond donors (Lipinski definition) is 1. The second kappa shape index (κ2) is 6.53. The number of nitrogens with zero attached hydrogens (tertiary/aromatic N) is 2. The molecule has 1 aliphatic heterocycles. The smallest absolute Gasteiger partial charge is 0.0638 e. The summed E-state index contributed by atoms with van der Waals surface area (Å²) in [4.78, 5) is 2.45. The Morgan fingerprint density at radius 3 is 2.89 bits per heavy atom. The third-order valence-corrected chi connectivity index (χ3v) is 3.43. The fourth-order valence-corrected chi connectivity index (χ4v) is 2.42. The Kier molecular flexibility index (Phi) is 4.74. The van der Waals surface area contributed by atoms with Crippen molar-refractivity contribution in [2.45, 2.75) is 32.4 Å². The molecule has 1 aromatic carbocycles. The van der Waals surface area contributed by atoms with Gasteiger partial charge in [-0.3, -0.25) is 4.90 Å². The maximum atomic E-state index is 8.81. The van der Waals surface area contributed by atoms with Crippen LogP contribution in [0.4, 0.5) is 0 Å².